The number of carboxylic acids is 1. The molecule has 0 unspecified atom stereocenters. The molecule has 1 heterocycles. The van der Waals surface area contributed by atoms with Gasteiger partial charge in [-0.05, 0) is 12.1 Å². The Morgan fingerprint density at radius 2 is 2.06 bits per heavy atom. The smallest absolute Gasteiger partial charge is 0.305 e. The number of aromatic nitrogens is 2. The van der Waals surface area contributed by atoms with Crippen LogP contribution in [0.1, 0.15) is 16.9 Å². The van der Waals surface area contributed by atoms with Crippen LogP contribution in [0, 0.1) is 0 Å². The van der Waals surface area contributed by atoms with Crippen molar-refractivity contribution in [3.8, 4) is 0 Å². The molecule has 0 saturated carbocycles. The van der Waals surface area contributed by atoms with E-state index < -0.39 is 5.97 Å². The summed E-state index contributed by atoms with van der Waals surface area (Å²) in [4.78, 5) is 23.2. The zero-order chi connectivity index (χ0) is 12.8. The van der Waals surface area contributed by atoms with E-state index in [1.54, 1.807) is 26.2 Å². The second kappa shape index (κ2) is 5.78. The Kier molecular flexibility index (Phi) is 4.38. The van der Waals surface area contributed by atoms with Crippen LogP contribution in [0.3, 0.4) is 0 Å². The van der Waals surface area contributed by atoms with Gasteiger partial charge in [0, 0.05) is 20.6 Å². The molecule has 0 spiro atoms. The quantitative estimate of drug-likeness (QED) is 0.753. The molecule has 7 heteroatoms. The number of hydrogen-bond acceptors (Lipinski definition) is 5. The van der Waals surface area contributed by atoms with Crippen molar-refractivity contribution in [1.82, 2.24) is 15.1 Å². The summed E-state index contributed by atoms with van der Waals surface area (Å²) in [6.07, 6.45) is 0.0000593. The molecule has 1 rings (SSSR count). The maximum Gasteiger partial charge on any atom is 0.305 e. The van der Waals surface area contributed by atoms with Gasteiger partial charge < -0.3 is 15.3 Å². The summed E-state index contributed by atoms with van der Waals surface area (Å²) in [5.74, 6) is -0.666. The highest BCUT2D eigenvalue weighted by atomic mass is 16.4. The minimum absolute atomic E-state index is 0.0000593. The van der Waals surface area contributed by atoms with E-state index in [0.717, 1.165) is 0 Å². The maximum absolute atomic E-state index is 11.5. The first-order valence-corrected chi connectivity index (χ1v) is 5.01. The monoisotopic (exact) mass is 238 g/mol. The van der Waals surface area contributed by atoms with Crippen LogP contribution in [0.4, 0.5) is 5.82 Å². The van der Waals surface area contributed by atoms with Crippen molar-refractivity contribution in [2.24, 2.45) is 0 Å². The van der Waals surface area contributed by atoms with Crippen molar-refractivity contribution in [2.45, 2.75) is 6.42 Å². The van der Waals surface area contributed by atoms with Gasteiger partial charge in [-0.25, -0.2) is 0 Å². The second-order valence-corrected chi connectivity index (χ2v) is 3.57. The number of aliphatic carboxylic acids is 1. The largest absolute Gasteiger partial charge is 0.481 e. The lowest BCUT2D eigenvalue weighted by Crippen LogP contribution is -2.23. The number of carbonyl (C=O) groups is 2. The molecule has 7 nitrogen and oxygen atoms in total. The van der Waals surface area contributed by atoms with Crippen LogP contribution in [0.25, 0.3) is 0 Å². The van der Waals surface area contributed by atoms with E-state index in [1.165, 1.54) is 4.90 Å². The van der Waals surface area contributed by atoms with Gasteiger partial charge in [0.15, 0.2) is 5.69 Å². The van der Waals surface area contributed by atoms with Gasteiger partial charge in [0.05, 0.1) is 6.42 Å². The van der Waals surface area contributed by atoms with Crippen LogP contribution >= 0.6 is 0 Å². The highest BCUT2D eigenvalue weighted by molar-refractivity contribution is 5.91. The fraction of sp³-hybridized carbons (Fsp3) is 0.400. The number of nitrogens with zero attached hydrogens (tertiary/aromatic N) is 3. The molecule has 92 valence electrons. The molecule has 0 aliphatic carbocycles. The molecule has 0 aromatic carbocycles. The van der Waals surface area contributed by atoms with Crippen LogP contribution in [0.5, 0.6) is 0 Å². The van der Waals surface area contributed by atoms with Gasteiger partial charge in [0.1, 0.15) is 5.82 Å². The third kappa shape index (κ3) is 4.06. The summed E-state index contributed by atoms with van der Waals surface area (Å²) in [6, 6.07) is 3.13. The van der Waals surface area contributed by atoms with Crippen LogP contribution < -0.4 is 5.32 Å². The lowest BCUT2D eigenvalue weighted by atomic mass is 10.3. The molecule has 0 saturated heterocycles. The van der Waals surface area contributed by atoms with Gasteiger partial charge in [-0.3, -0.25) is 9.59 Å². The minimum atomic E-state index is -0.884. The van der Waals surface area contributed by atoms with E-state index in [2.05, 4.69) is 15.5 Å². The lowest BCUT2D eigenvalue weighted by molar-refractivity contribution is -0.136. The standard InChI is InChI=1S/C10H14N4O3/c1-14(2)10(17)7-3-4-8(13-12-7)11-6-5-9(15)16/h3-4H,5-6H2,1-2H3,(H,11,13)(H,15,16). The molecule has 1 aromatic rings. The third-order valence-corrected chi connectivity index (χ3v) is 1.93. The van der Waals surface area contributed by atoms with Gasteiger partial charge in [-0.1, -0.05) is 0 Å². The van der Waals surface area contributed by atoms with E-state index in [9.17, 15) is 9.59 Å². The number of carbonyl (C=O) groups excluding carboxylic acids is 1. The Labute approximate surface area is 98.5 Å². The second-order valence-electron chi connectivity index (χ2n) is 3.57. The van der Waals surface area contributed by atoms with E-state index >= 15 is 0 Å². The molecule has 2 N–H and O–H groups in total. The molecule has 0 radical (unpaired) electrons. The Hall–Kier alpha value is -2.18. The van der Waals surface area contributed by atoms with E-state index in [-0.39, 0.29) is 24.6 Å². The fourth-order valence-electron chi connectivity index (χ4n) is 1.07. The van der Waals surface area contributed by atoms with Gasteiger partial charge in [-0.2, -0.15) is 0 Å². The first kappa shape index (κ1) is 12.9. The van der Waals surface area contributed by atoms with E-state index in [1.807, 2.05) is 0 Å². The van der Waals surface area contributed by atoms with Crippen molar-refractivity contribution < 1.29 is 14.7 Å². The van der Waals surface area contributed by atoms with Crippen molar-refractivity contribution in [3.05, 3.63) is 17.8 Å². The number of nitrogens with one attached hydrogen (secondary N) is 1. The van der Waals surface area contributed by atoms with Crippen molar-refractivity contribution in [3.63, 3.8) is 0 Å². The van der Waals surface area contributed by atoms with Gasteiger partial charge in [0.2, 0.25) is 0 Å². The average Bonchev–Trinajstić information content (AvgIpc) is 2.28. The van der Waals surface area contributed by atoms with Gasteiger partial charge in [0.25, 0.3) is 5.91 Å². The van der Waals surface area contributed by atoms with Crippen molar-refractivity contribution >= 4 is 17.7 Å². The normalized spacial score (nSPS) is 9.76. The first-order valence-electron chi connectivity index (χ1n) is 5.01. The van der Waals surface area contributed by atoms with Crippen molar-refractivity contribution in [1.29, 1.82) is 0 Å². The van der Waals surface area contributed by atoms with E-state index in [0.29, 0.717) is 5.82 Å². The number of hydrogen-bond donors (Lipinski definition) is 2. The molecule has 0 bridgehead atoms. The van der Waals surface area contributed by atoms with Crippen LogP contribution in [0.15, 0.2) is 12.1 Å². The zero-order valence-electron chi connectivity index (χ0n) is 9.67. The molecular weight excluding hydrogens is 224 g/mol. The molecule has 0 fully saturated rings. The summed E-state index contributed by atoms with van der Waals surface area (Å²) < 4.78 is 0. The maximum atomic E-state index is 11.5. The topological polar surface area (TPSA) is 95.4 Å². The molecule has 0 aliphatic heterocycles. The first-order chi connectivity index (χ1) is 8.00. The Morgan fingerprint density at radius 1 is 1.35 bits per heavy atom. The lowest BCUT2D eigenvalue weighted by Gasteiger charge is -2.09. The predicted octanol–water partition coefficient (Wildman–Crippen LogP) is 0.0650. The molecular formula is C10H14N4O3. The van der Waals surface area contributed by atoms with Gasteiger partial charge >= 0.3 is 5.97 Å². The van der Waals surface area contributed by atoms with E-state index in [4.69, 9.17) is 5.11 Å². The molecule has 1 aromatic heterocycles. The summed E-state index contributed by atoms with van der Waals surface area (Å²) in [6.45, 7) is 0.269. The minimum Gasteiger partial charge on any atom is -0.481 e. The fourth-order valence-corrected chi connectivity index (χ4v) is 1.07. The SMILES string of the molecule is CN(C)C(=O)c1ccc(NCCC(=O)O)nn1. The highest BCUT2D eigenvalue weighted by Gasteiger charge is 2.09. The molecule has 17 heavy (non-hydrogen) atoms. The predicted molar refractivity (Wildman–Crippen MR) is 60.8 cm³/mol. The van der Waals surface area contributed by atoms with Gasteiger partial charge in [-0.15, -0.1) is 10.2 Å². The van der Waals surface area contributed by atoms with Crippen LogP contribution in [0.2, 0.25) is 0 Å². The molecule has 0 aliphatic rings. The number of anilines is 1. The summed E-state index contributed by atoms with van der Waals surface area (Å²) in [7, 11) is 3.26. The summed E-state index contributed by atoms with van der Waals surface area (Å²) in [5, 5.41) is 18.8. The summed E-state index contributed by atoms with van der Waals surface area (Å²) in [5.41, 5.74) is 0.249. The Balaban J connectivity index is 2.56. The zero-order valence-corrected chi connectivity index (χ0v) is 9.67. The van der Waals surface area contributed by atoms with Crippen molar-refractivity contribution in [2.75, 3.05) is 26.0 Å². The number of amides is 1. The highest BCUT2D eigenvalue weighted by Crippen LogP contribution is 2.03. The Bertz CT molecular complexity index is 403. The number of carboxylic acid groups (broad SMARTS) is 1. The Morgan fingerprint density at radius 3 is 2.53 bits per heavy atom. The van der Waals surface area contributed by atoms with Crippen LogP contribution in [-0.2, 0) is 4.79 Å². The van der Waals surface area contributed by atoms with Crippen LogP contribution in [-0.4, -0.2) is 52.7 Å². The molecule has 0 atom stereocenters. The average molecular weight is 238 g/mol. The number of rotatable bonds is 5. The summed E-state index contributed by atoms with van der Waals surface area (Å²) >= 11 is 0. The third-order valence-electron chi connectivity index (χ3n) is 1.93. The molecule has 1 amide bonds.